The van der Waals surface area contributed by atoms with E-state index in [2.05, 4.69) is 10.1 Å². The molecule has 0 amide bonds. The van der Waals surface area contributed by atoms with Crippen LogP contribution in [0.5, 0.6) is 0 Å². The fraction of sp³-hybridized carbons (Fsp3) is 0.800. The van der Waals surface area contributed by atoms with Crippen molar-refractivity contribution in [3.8, 4) is 0 Å². The summed E-state index contributed by atoms with van der Waals surface area (Å²) in [6, 6.07) is -0.105. The average molecular weight is 276 g/mol. The molecule has 0 spiro atoms. The van der Waals surface area contributed by atoms with E-state index in [9.17, 15) is 8.42 Å². The first-order chi connectivity index (χ1) is 8.28. The van der Waals surface area contributed by atoms with Crippen LogP contribution in [0.4, 0.5) is 0 Å². The van der Waals surface area contributed by atoms with Crippen LogP contribution in [0, 0.1) is 0 Å². The molecular weight excluding hydrogens is 256 g/mol. The van der Waals surface area contributed by atoms with Gasteiger partial charge in [0.25, 0.3) is 10.2 Å². The molecule has 0 saturated carbocycles. The number of hydrogen-bond acceptors (Lipinski definition) is 5. The van der Waals surface area contributed by atoms with Crippen molar-refractivity contribution in [1.82, 2.24) is 18.8 Å². The Morgan fingerprint density at radius 3 is 2.39 bits per heavy atom. The van der Waals surface area contributed by atoms with E-state index in [1.807, 2.05) is 20.8 Å². The van der Waals surface area contributed by atoms with Crippen molar-refractivity contribution in [1.29, 1.82) is 0 Å². The molecule has 0 unspecified atom stereocenters. The third-order valence-electron chi connectivity index (χ3n) is 2.67. The van der Waals surface area contributed by atoms with Crippen molar-refractivity contribution in [2.45, 2.75) is 39.8 Å². The molecule has 1 rings (SSSR count). The highest BCUT2D eigenvalue weighted by Gasteiger charge is 2.27. The summed E-state index contributed by atoms with van der Waals surface area (Å²) in [5.74, 6) is 0.878. The fourth-order valence-corrected chi connectivity index (χ4v) is 2.50. The SMILES string of the molecule is CCc1noc(CN(C)S(=O)(=O)N(C)C(C)C)n1. The Bertz CT molecular complexity index is 483. The first-order valence-electron chi connectivity index (χ1n) is 5.79. The average Bonchev–Trinajstić information content (AvgIpc) is 2.75. The maximum absolute atomic E-state index is 12.1. The predicted molar refractivity (Wildman–Crippen MR) is 67.0 cm³/mol. The van der Waals surface area contributed by atoms with Gasteiger partial charge in [-0.15, -0.1) is 0 Å². The van der Waals surface area contributed by atoms with Gasteiger partial charge in [-0.05, 0) is 13.8 Å². The lowest BCUT2D eigenvalue weighted by Gasteiger charge is -2.26. The Morgan fingerprint density at radius 1 is 1.33 bits per heavy atom. The maximum atomic E-state index is 12.1. The zero-order valence-electron chi connectivity index (χ0n) is 11.4. The number of aryl methyl sites for hydroxylation is 1. The monoisotopic (exact) mass is 276 g/mol. The Balaban J connectivity index is 2.78. The first-order valence-corrected chi connectivity index (χ1v) is 7.19. The summed E-state index contributed by atoms with van der Waals surface area (Å²) in [6.45, 7) is 5.61. The Morgan fingerprint density at radius 2 is 1.94 bits per heavy atom. The summed E-state index contributed by atoms with van der Waals surface area (Å²) in [5.41, 5.74) is 0. The van der Waals surface area contributed by atoms with Crippen LogP contribution in [-0.4, -0.2) is 47.3 Å². The molecule has 0 N–H and O–H groups in total. The second-order valence-electron chi connectivity index (χ2n) is 4.33. The smallest absolute Gasteiger partial charge is 0.282 e. The van der Waals surface area contributed by atoms with E-state index in [4.69, 9.17) is 4.52 Å². The summed E-state index contributed by atoms with van der Waals surface area (Å²) in [5, 5.41) is 3.73. The van der Waals surface area contributed by atoms with Crippen molar-refractivity contribution < 1.29 is 12.9 Å². The van der Waals surface area contributed by atoms with Crippen LogP contribution in [0.15, 0.2) is 4.52 Å². The number of rotatable bonds is 6. The molecule has 0 radical (unpaired) electrons. The van der Waals surface area contributed by atoms with E-state index in [-0.39, 0.29) is 12.6 Å². The zero-order valence-corrected chi connectivity index (χ0v) is 12.2. The minimum absolute atomic E-state index is 0.0758. The third-order valence-corrected chi connectivity index (χ3v) is 4.74. The molecule has 1 aromatic heterocycles. The van der Waals surface area contributed by atoms with Crippen molar-refractivity contribution >= 4 is 10.2 Å². The largest absolute Gasteiger partial charge is 0.338 e. The van der Waals surface area contributed by atoms with E-state index in [0.29, 0.717) is 18.1 Å². The summed E-state index contributed by atoms with van der Waals surface area (Å²) in [4.78, 5) is 4.08. The summed E-state index contributed by atoms with van der Waals surface area (Å²) in [7, 11) is -0.461. The lowest BCUT2D eigenvalue weighted by atomic mass is 10.4. The van der Waals surface area contributed by atoms with Crippen molar-refractivity contribution in [3.63, 3.8) is 0 Å². The number of nitrogens with zero attached hydrogens (tertiary/aromatic N) is 4. The highest BCUT2D eigenvalue weighted by molar-refractivity contribution is 7.86. The number of aromatic nitrogens is 2. The van der Waals surface area contributed by atoms with Gasteiger partial charge in [-0.25, -0.2) is 0 Å². The van der Waals surface area contributed by atoms with Gasteiger partial charge in [0.2, 0.25) is 5.89 Å². The van der Waals surface area contributed by atoms with Crippen molar-refractivity contribution in [2.75, 3.05) is 14.1 Å². The van der Waals surface area contributed by atoms with Crippen LogP contribution in [-0.2, 0) is 23.2 Å². The van der Waals surface area contributed by atoms with Gasteiger partial charge in [0.1, 0.15) is 0 Å². The molecule has 0 saturated heterocycles. The van der Waals surface area contributed by atoms with Gasteiger partial charge in [0.15, 0.2) is 5.82 Å². The van der Waals surface area contributed by atoms with Crippen molar-refractivity contribution in [2.24, 2.45) is 0 Å². The molecule has 7 nitrogen and oxygen atoms in total. The molecule has 0 aliphatic carbocycles. The third kappa shape index (κ3) is 3.27. The maximum Gasteiger partial charge on any atom is 0.282 e. The van der Waals surface area contributed by atoms with E-state index >= 15 is 0 Å². The van der Waals surface area contributed by atoms with Gasteiger partial charge in [-0.2, -0.15) is 22.0 Å². The van der Waals surface area contributed by atoms with E-state index in [1.54, 1.807) is 7.05 Å². The van der Waals surface area contributed by atoms with Crippen LogP contribution >= 0.6 is 0 Å². The van der Waals surface area contributed by atoms with Crippen LogP contribution in [0.1, 0.15) is 32.5 Å². The summed E-state index contributed by atoms with van der Waals surface area (Å²) < 4.78 is 31.7. The molecule has 0 bridgehead atoms. The molecule has 0 aliphatic rings. The van der Waals surface area contributed by atoms with Crippen LogP contribution in [0.25, 0.3) is 0 Å². The molecule has 18 heavy (non-hydrogen) atoms. The molecule has 1 aromatic rings. The molecular formula is C10H20N4O3S. The molecule has 0 fully saturated rings. The molecule has 8 heteroatoms. The lowest BCUT2D eigenvalue weighted by molar-refractivity contribution is 0.311. The predicted octanol–water partition coefficient (Wildman–Crippen LogP) is 0.649. The summed E-state index contributed by atoms with van der Waals surface area (Å²) in [6.07, 6.45) is 0.659. The minimum atomic E-state index is -3.50. The molecule has 0 aromatic carbocycles. The minimum Gasteiger partial charge on any atom is -0.338 e. The summed E-state index contributed by atoms with van der Waals surface area (Å²) >= 11 is 0. The van der Waals surface area contributed by atoms with Gasteiger partial charge in [0.05, 0.1) is 6.54 Å². The second-order valence-corrected chi connectivity index (χ2v) is 6.43. The van der Waals surface area contributed by atoms with Gasteiger partial charge >= 0.3 is 0 Å². The normalized spacial score (nSPS) is 12.9. The van der Waals surface area contributed by atoms with Gasteiger partial charge in [-0.1, -0.05) is 12.1 Å². The lowest BCUT2D eigenvalue weighted by Crippen LogP contribution is -2.42. The van der Waals surface area contributed by atoms with E-state index < -0.39 is 10.2 Å². The standard InChI is InChI=1S/C10H20N4O3S/c1-6-9-11-10(17-12-9)7-13(4)18(15,16)14(5)8(2)3/h8H,6-7H2,1-5H3. The van der Waals surface area contributed by atoms with Gasteiger partial charge < -0.3 is 4.52 Å². The Kier molecular flexibility index (Phi) is 4.83. The van der Waals surface area contributed by atoms with Gasteiger partial charge in [0, 0.05) is 26.6 Å². The molecule has 104 valence electrons. The van der Waals surface area contributed by atoms with Crippen molar-refractivity contribution in [3.05, 3.63) is 11.7 Å². The first kappa shape index (κ1) is 15.1. The molecule has 0 aliphatic heterocycles. The number of hydrogen-bond donors (Lipinski definition) is 0. The van der Waals surface area contributed by atoms with E-state index in [0.717, 1.165) is 0 Å². The fourth-order valence-electron chi connectivity index (χ4n) is 1.26. The highest BCUT2D eigenvalue weighted by Crippen LogP contribution is 2.11. The zero-order chi connectivity index (χ0) is 13.9. The topological polar surface area (TPSA) is 79.5 Å². The van der Waals surface area contributed by atoms with Crippen LogP contribution in [0.2, 0.25) is 0 Å². The molecule has 1 heterocycles. The van der Waals surface area contributed by atoms with E-state index in [1.165, 1.54) is 15.7 Å². The quantitative estimate of drug-likeness (QED) is 0.762. The highest BCUT2D eigenvalue weighted by atomic mass is 32.2. The second kappa shape index (κ2) is 5.77. The van der Waals surface area contributed by atoms with Crippen LogP contribution < -0.4 is 0 Å². The Labute approximate surface area is 108 Å². The molecule has 0 atom stereocenters. The Hall–Kier alpha value is -0.990. The van der Waals surface area contributed by atoms with Crippen LogP contribution in [0.3, 0.4) is 0 Å². The van der Waals surface area contributed by atoms with Gasteiger partial charge in [-0.3, -0.25) is 0 Å².